The minimum Gasteiger partial charge on any atom is -0.487 e. The second-order valence-electron chi connectivity index (χ2n) is 6.41. The van der Waals surface area contributed by atoms with Gasteiger partial charge in [-0.25, -0.2) is 4.98 Å². The van der Waals surface area contributed by atoms with E-state index in [1.165, 1.54) is 0 Å². The summed E-state index contributed by atoms with van der Waals surface area (Å²) in [6.07, 6.45) is 0. The van der Waals surface area contributed by atoms with E-state index in [1.54, 1.807) is 12.1 Å². The first-order valence-electron chi connectivity index (χ1n) is 8.47. The summed E-state index contributed by atoms with van der Waals surface area (Å²) in [5, 5.41) is 4.02. The van der Waals surface area contributed by atoms with Crippen LogP contribution in [-0.2, 0) is 6.61 Å². The number of hydrogen-bond donors (Lipinski definition) is 1. The van der Waals surface area contributed by atoms with E-state index in [4.69, 9.17) is 4.74 Å². The molecule has 2 aromatic carbocycles. The van der Waals surface area contributed by atoms with E-state index in [0.717, 1.165) is 22.3 Å². The molecule has 128 valence electrons. The summed E-state index contributed by atoms with van der Waals surface area (Å²) < 4.78 is 5.78. The Balaban J connectivity index is 1.60. The molecule has 1 heterocycles. The first kappa shape index (κ1) is 17.0. The van der Waals surface area contributed by atoms with Crippen LogP contribution in [0.5, 0.6) is 5.75 Å². The van der Waals surface area contributed by atoms with Crippen molar-refractivity contribution < 1.29 is 9.53 Å². The van der Waals surface area contributed by atoms with Crippen molar-refractivity contribution >= 4 is 16.8 Å². The van der Waals surface area contributed by atoms with Crippen molar-refractivity contribution in [2.24, 2.45) is 5.92 Å². The Hall–Kier alpha value is -2.88. The molecule has 0 atom stereocenters. The summed E-state index contributed by atoms with van der Waals surface area (Å²) in [5.74, 6) is 1.09. The third-order valence-electron chi connectivity index (χ3n) is 3.83. The number of fused-ring (bicyclic) bond motifs is 1. The Kier molecular flexibility index (Phi) is 5.29. The van der Waals surface area contributed by atoms with Crippen LogP contribution in [0.4, 0.5) is 0 Å². The number of rotatable bonds is 6. The van der Waals surface area contributed by atoms with Crippen molar-refractivity contribution in [2.45, 2.75) is 20.5 Å². The minimum absolute atomic E-state index is 0.0588. The highest BCUT2D eigenvalue weighted by Gasteiger charge is 2.06. The number of para-hydroxylation sites is 1. The first-order chi connectivity index (χ1) is 12.1. The molecular weight excluding hydrogens is 312 g/mol. The van der Waals surface area contributed by atoms with E-state index in [0.29, 0.717) is 24.6 Å². The van der Waals surface area contributed by atoms with Crippen LogP contribution in [-0.4, -0.2) is 17.4 Å². The van der Waals surface area contributed by atoms with Crippen LogP contribution in [0.15, 0.2) is 60.7 Å². The highest BCUT2D eigenvalue weighted by Crippen LogP contribution is 2.16. The second kappa shape index (κ2) is 7.79. The van der Waals surface area contributed by atoms with Gasteiger partial charge in [0.25, 0.3) is 5.91 Å². The smallest absolute Gasteiger partial charge is 0.251 e. The number of benzene rings is 2. The second-order valence-corrected chi connectivity index (χ2v) is 6.41. The molecule has 3 aromatic rings. The van der Waals surface area contributed by atoms with Crippen LogP contribution in [0.1, 0.15) is 29.9 Å². The van der Waals surface area contributed by atoms with Gasteiger partial charge in [0.1, 0.15) is 12.4 Å². The average Bonchev–Trinajstić information content (AvgIpc) is 2.64. The number of aromatic nitrogens is 1. The van der Waals surface area contributed by atoms with Gasteiger partial charge in [0.2, 0.25) is 0 Å². The van der Waals surface area contributed by atoms with Gasteiger partial charge in [0, 0.05) is 17.5 Å². The maximum absolute atomic E-state index is 12.0. The molecule has 4 nitrogen and oxygen atoms in total. The molecule has 1 N–H and O–H groups in total. The summed E-state index contributed by atoms with van der Waals surface area (Å²) in [6, 6.07) is 19.2. The largest absolute Gasteiger partial charge is 0.487 e. The number of pyridine rings is 1. The highest BCUT2D eigenvalue weighted by molar-refractivity contribution is 5.94. The van der Waals surface area contributed by atoms with E-state index >= 15 is 0 Å². The lowest BCUT2D eigenvalue weighted by molar-refractivity contribution is 0.0949. The van der Waals surface area contributed by atoms with Crippen molar-refractivity contribution in [3.05, 3.63) is 71.9 Å². The summed E-state index contributed by atoms with van der Waals surface area (Å²) >= 11 is 0. The maximum Gasteiger partial charge on any atom is 0.251 e. The third-order valence-corrected chi connectivity index (χ3v) is 3.83. The monoisotopic (exact) mass is 334 g/mol. The molecular formula is C21H22N2O2. The van der Waals surface area contributed by atoms with Crippen LogP contribution in [0.2, 0.25) is 0 Å². The predicted molar refractivity (Wildman–Crippen MR) is 99.7 cm³/mol. The Morgan fingerprint density at radius 1 is 1.04 bits per heavy atom. The molecule has 4 heteroatoms. The maximum atomic E-state index is 12.0. The highest BCUT2D eigenvalue weighted by atomic mass is 16.5. The van der Waals surface area contributed by atoms with Gasteiger partial charge in [-0.05, 0) is 42.3 Å². The molecule has 0 aliphatic rings. The van der Waals surface area contributed by atoms with Crippen molar-refractivity contribution in [1.82, 2.24) is 10.3 Å². The fourth-order valence-electron chi connectivity index (χ4n) is 2.45. The number of ether oxygens (including phenoxy) is 1. The summed E-state index contributed by atoms with van der Waals surface area (Å²) in [6.45, 7) is 5.20. The minimum atomic E-state index is -0.0588. The van der Waals surface area contributed by atoms with Crippen LogP contribution in [0.3, 0.4) is 0 Å². The van der Waals surface area contributed by atoms with E-state index in [2.05, 4.69) is 24.1 Å². The Labute approximate surface area is 147 Å². The fourth-order valence-corrected chi connectivity index (χ4v) is 2.45. The van der Waals surface area contributed by atoms with Gasteiger partial charge in [-0.15, -0.1) is 0 Å². The lowest BCUT2D eigenvalue weighted by atomic mass is 10.2. The van der Waals surface area contributed by atoms with Gasteiger partial charge in [-0.3, -0.25) is 4.79 Å². The zero-order valence-corrected chi connectivity index (χ0v) is 14.5. The van der Waals surface area contributed by atoms with Gasteiger partial charge in [-0.2, -0.15) is 0 Å². The molecule has 0 aliphatic heterocycles. The van der Waals surface area contributed by atoms with Gasteiger partial charge in [0.15, 0.2) is 0 Å². The third kappa shape index (κ3) is 4.57. The normalized spacial score (nSPS) is 10.8. The number of carbonyl (C=O) groups excluding carboxylic acids is 1. The molecule has 0 unspecified atom stereocenters. The number of carbonyl (C=O) groups is 1. The Bertz CT molecular complexity index is 857. The molecule has 1 amide bonds. The number of nitrogens with zero attached hydrogens (tertiary/aromatic N) is 1. The molecule has 0 aliphatic carbocycles. The van der Waals surface area contributed by atoms with Crippen molar-refractivity contribution in [2.75, 3.05) is 6.54 Å². The molecule has 0 bridgehead atoms. The standard InChI is InChI=1S/C21H22N2O2/c1-15(2)13-22-21(24)17-8-11-19(12-9-17)25-14-18-10-7-16-5-3-4-6-20(16)23-18/h3-12,15H,13-14H2,1-2H3,(H,22,24). The predicted octanol–water partition coefficient (Wildman–Crippen LogP) is 4.20. The van der Waals surface area contributed by atoms with E-state index in [9.17, 15) is 4.79 Å². The van der Waals surface area contributed by atoms with Gasteiger partial charge in [0.05, 0.1) is 11.2 Å². The van der Waals surface area contributed by atoms with Crippen LogP contribution in [0, 0.1) is 5.92 Å². The summed E-state index contributed by atoms with van der Waals surface area (Å²) in [4.78, 5) is 16.6. The zero-order valence-electron chi connectivity index (χ0n) is 14.5. The molecule has 3 rings (SSSR count). The first-order valence-corrected chi connectivity index (χ1v) is 8.47. The van der Waals surface area contributed by atoms with Crippen LogP contribution in [0.25, 0.3) is 10.9 Å². The Morgan fingerprint density at radius 3 is 2.56 bits per heavy atom. The molecule has 0 radical (unpaired) electrons. The van der Waals surface area contributed by atoms with E-state index < -0.39 is 0 Å². The number of amides is 1. The molecule has 0 spiro atoms. The summed E-state index contributed by atoms with van der Waals surface area (Å²) in [5.41, 5.74) is 2.47. The lowest BCUT2D eigenvalue weighted by Crippen LogP contribution is -2.27. The molecule has 0 saturated carbocycles. The van der Waals surface area contributed by atoms with Gasteiger partial charge >= 0.3 is 0 Å². The van der Waals surface area contributed by atoms with E-state index in [1.807, 2.05) is 48.5 Å². The number of hydrogen-bond acceptors (Lipinski definition) is 3. The van der Waals surface area contributed by atoms with Crippen molar-refractivity contribution in [3.8, 4) is 5.75 Å². The SMILES string of the molecule is CC(C)CNC(=O)c1ccc(OCc2ccc3ccccc3n2)cc1. The molecule has 25 heavy (non-hydrogen) atoms. The van der Waals surface area contributed by atoms with Gasteiger partial charge in [-0.1, -0.05) is 38.1 Å². The quantitative estimate of drug-likeness (QED) is 0.735. The van der Waals surface area contributed by atoms with Crippen LogP contribution >= 0.6 is 0 Å². The Morgan fingerprint density at radius 2 is 1.80 bits per heavy atom. The summed E-state index contributed by atoms with van der Waals surface area (Å²) in [7, 11) is 0. The van der Waals surface area contributed by atoms with Crippen LogP contribution < -0.4 is 10.1 Å². The molecule has 0 fully saturated rings. The molecule has 1 aromatic heterocycles. The lowest BCUT2D eigenvalue weighted by Gasteiger charge is -2.09. The van der Waals surface area contributed by atoms with Crippen molar-refractivity contribution in [1.29, 1.82) is 0 Å². The van der Waals surface area contributed by atoms with Crippen molar-refractivity contribution in [3.63, 3.8) is 0 Å². The fraction of sp³-hybridized carbons (Fsp3) is 0.238. The van der Waals surface area contributed by atoms with Gasteiger partial charge < -0.3 is 10.1 Å². The zero-order chi connectivity index (χ0) is 17.6. The molecule has 0 saturated heterocycles. The van der Waals surface area contributed by atoms with E-state index in [-0.39, 0.29) is 5.91 Å². The topological polar surface area (TPSA) is 51.2 Å². The number of nitrogens with one attached hydrogen (secondary N) is 1. The average molecular weight is 334 g/mol.